The Hall–Kier alpha value is -1.50. The van der Waals surface area contributed by atoms with Crippen LogP contribution in [-0.4, -0.2) is 31.5 Å². The van der Waals surface area contributed by atoms with Crippen molar-refractivity contribution in [3.8, 4) is 0 Å². The van der Waals surface area contributed by atoms with Crippen LogP contribution in [0.5, 0.6) is 0 Å². The lowest BCUT2D eigenvalue weighted by Gasteiger charge is -2.25. The number of carbonyl (C=O) groups is 1. The Labute approximate surface area is 116 Å². The van der Waals surface area contributed by atoms with Crippen LogP contribution in [0.3, 0.4) is 0 Å². The first-order valence-corrected chi connectivity index (χ1v) is 7.79. The van der Waals surface area contributed by atoms with Gasteiger partial charge in [0.1, 0.15) is 5.82 Å². The molecular formula is C13H15F2NO3S. The van der Waals surface area contributed by atoms with Gasteiger partial charge in [-0.05, 0) is 24.6 Å². The van der Waals surface area contributed by atoms with E-state index in [1.165, 1.54) is 17.0 Å². The third-order valence-electron chi connectivity index (χ3n) is 3.49. The zero-order valence-corrected chi connectivity index (χ0v) is 11.7. The summed E-state index contributed by atoms with van der Waals surface area (Å²) >= 11 is 0. The van der Waals surface area contributed by atoms with E-state index in [0.717, 1.165) is 5.56 Å². The largest absolute Gasteiger partial charge is 0.336 e. The van der Waals surface area contributed by atoms with Crippen molar-refractivity contribution in [2.24, 2.45) is 5.92 Å². The molecule has 1 heterocycles. The summed E-state index contributed by atoms with van der Waals surface area (Å²) in [4.78, 5) is 13.4. The number of carbonyl (C=O) groups excluding carboxylic acids is 1. The van der Waals surface area contributed by atoms with Gasteiger partial charge < -0.3 is 4.90 Å². The molecule has 0 aromatic heterocycles. The average molecular weight is 303 g/mol. The van der Waals surface area contributed by atoms with Gasteiger partial charge in [-0.15, -0.1) is 3.89 Å². The number of likely N-dealkylation sites (tertiary alicyclic amines) is 1. The van der Waals surface area contributed by atoms with Crippen LogP contribution < -0.4 is 0 Å². The maximum atomic E-state index is 12.9. The van der Waals surface area contributed by atoms with Crippen molar-refractivity contribution >= 4 is 16.1 Å². The molecule has 4 nitrogen and oxygen atoms in total. The second kappa shape index (κ2) is 5.47. The van der Waals surface area contributed by atoms with Crippen molar-refractivity contribution in [1.82, 2.24) is 4.90 Å². The molecule has 2 atom stereocenters. The average Bonchev–Trinajstić information content (AvgIpc) is 2.67. The van der Waals surface area contributed by atoms with Gasteiger partial charge in [0.25, 0.3) is 0 Å². The molecule has 1 aliphatic heterocycles. The van der Waals surface area contributed by atoms with Crippen LogP contribution in [0.25, 0.3) is 0 Å². The monoisotopic (exact) mass is 303 g/mol. The summed E-state index contributed by atoms with van der Waals surface area (Å²) in [6.45, 7) is 1.97. The Balaban J connectivity index is 2.09. The summed E-state index contributed by atoms with van der Waals surface area (Å²) in [7, 11) is -4.58. The van der Waals surface area contributed by atoms with E-state index in [9.17, 15) is 21.5 Å². The molecule has 1 aromatic carbocycles. The third-order valence-corrected chi connectivity index (χ3v) is 4.36. The maximum absolute atomic E-state index is 12.9. The van der Waals surface area contributed by atoms with E-state index < -0.39 is 21.9 Å². The minimum Gasteiger partial charge on any atom is -0.336 e. The van der Waals surface area contributed by atoms with E-state index in [0.29, 0.717) is 0 Å². The highest BCUT2D eigenvalue weighted by Gasteiger charge is 2.35. The molecule has 1 aromatic rings. The van der Waals surface area contributed by atoms with Gasteiger partial charge in [0.15, 0.2) is 0 Å². The number of halogens is 2. The molecule has 0 saturated carbocycles. The molecule has 0 spiro atoms. The number of amides is 1. The molecule has 2 unspecified atom stereocenters. The fraction of sp³-hybridized carbons (Fsp3) is 0.462. The zero-order chi connectivity index (χ0) is 14.9. The van der Waals surface area contributed by atoms with Crippen LogP contribution in [0, 0.1) is 11.7 Å². The second-order valence-electron chi connectivity index (χ2n) is 5.05. The minimum absolute atomic E-state index is 0.0225. The summed E-state index contributed by atoms with van der Waals surface area (Å²) in [6.07, 6.45) is 0.0225. The first kappa shape index (κ1) is 14.9. The molecule has 20 heavy (non-hydrogen) atoms. The lowest BCUT2D eigenvalue weighted by molar-refractivity contribution is -0.129. The highest BCUT2D eigenvalue weighted by molar-refractivity contribution is 7.86. The van der Waals surface area contributed by atoms with Gasteiger partial charge in [-0.25, -0.2) is 4.39 Å². The summed E-state index contributed by atoms with van der Waals surface area (Å²) in [5.74, 6) is -1.74. The predicted octanol–water partition coefficient (Wildman–Crippen LogP) is 2.03. The molecule has 0 aliphatic carbocycles. The SMILES string of the molecule is CC(c1ccc(F)cc1)N1CC(CS(=O)(=O)F)CC1=O. The second-order valence-corrected chi connectivity index (χ2v) is 6.46. The van der Waals surface area contributed by atoms with Crippen LogP contribution in [0.15, 0.2) is 24.3 Å². The van der Waals surface area contributed by atoms with E-state index in [1.807, 2.05) is 0 Å². The quantitative estimate of drug-likeness (QED) is 0.800. The molecule has 110 valence electrons. The van der Waals surface area contributed by atoms with Gasteiger partial charge in [0.2, 0.25) is 5.91 Å². The van der Waals surface area contributed by atoms with Crippen molar-refractivity contribution in [2.45, 2.75) is 19.4 Å². The normalized spacial score (nSPS) is 21.2. The molecule has 1 saturated heterocycles. The van der Waals surface area contributed by atoms with Gasteiger partial charge >= 0.3 is 10.2 Å². The highest BCUT2D eigenvalue weighted by Crippen LogP contribution is 2.29. The van der Waals surface area contributed by atoms with Crippen LogP contribution in [0.2, 0.25) is 0 Å². The Morgan fingerprint density at radius 1 is 1.35 bits per heavy atom. The smallest absolute Gasteiger partial charge is 0.302 e. The number of rotatable bonds is 4. The summed E-state index contributed by atoms with van der Waals surface area (Å²) in [6, 6.07) is 5.46. The fourth-order valence-electron chi connectivity index (χ4n) is 2.50. The first-order chi connectivity index (χ1) is 9.26. The maximum Gasteiger partial charge on any atom is 0.302 e. The van der Waals surface area contributed by atoms with Gasteiger partial charge in [0, 0.05) is 18.9 Å². The standard InChI is InChI=1S/C13H15F2NO3S/c1-9(11-2-4-12(14)5-3-11)16-7-10(6-13(16)17)8-20(15,18)19/h2-5,9-10H,6-8H2,1H3. The molecular weight excluding hydrogens is 288 g/mol. The molecule has 7 heteroatoms. The molecule has 1 aliphatic rings. The lowest BCUT2D eigenvalue weighted by Crippen LogP contribution is -2.29. The third kappa shape index (κ3) is 3.53. The molecule has 0 bridgehead atoms. The van der Waals surface area contributed by atoms with E-state index in [-0.39, 0.29) is 30.7 Å². The predicted molar refractivity (Wildman–Crippen MR) is 69.5 cm³/mol. The minimum atomic E-state index is -4.58. The first-order valence-electron chi connectivity index (χ1n) is 6.23. The number of benzene rings is 1. The van der Waals surface area contributed by atoms with Gasteiger partial charge in [-0.2, -0.15) is 8.42 Å². The van der Waals surface area contributed by atoms with E-state index in [4.69, 9.17) is 0 Å². The summed E-state index contributed by atoms with van der Waals surface area (Å²) in [5.41, 5.74) is 0.753. The van der Waals surface area contributed by atoms with E-state index >= 15 is 0 Å². The zero-order valence-electron chi connectivity index (χ0n) is 10.9. The van der Waals surface area contributed by atoms with Crippen molar-refractivity contribution in [2.75, 3.05) is 12.3 Å². The number of hydrogen-bond donors (Lipinski definition) is 0. The molecule has 0 radical (unpaired) electrons. The Kier molecular flexibility index (Phi) is 4.08. The van der Waals surface area contributed by atoms with Crippen molar-refractivity contribution in [3.05, 3.63) is 35.6 Å². The molecule has 0 N–H and O–H groups in total. The molecule has 2 rings (SSSR count). The van der Waals surface area contributed by atoms with Crippen molar-refractivity contribution in [3.63, 3.8) is 0 Å². The van der Waals surface area contributed by atoms with Crippen LogP contribution in [0.4, 0.5) is 8.28 Å². The Morgan fingerprint density at radius 3 is 2.50 bits per heavy atom. The Morgan fingerprint density at radius 2 is 1.95 bits per heavy atom. The highest BCUT2D eigenvalue weighted by atomic mass is 32.3. The van der Waals surface area contributed by atoms with Crippen LogP contribution in [0.1, 0.15) is 24.9 Å². The number of nitrogens with zero attached hydrogens (tertiary/aromatic N) is 1. The van der Waals surface area contributed by atoms with Gasteiger partial charge in [0.05, 0.1) is 11.8 Å². The Bertz CT molecular complexity index is 601. The van der Waals surface area contributed by atoms with Crippen molar-refractivity contribution < 1.29 is 21.5 Å². The lowest BCUT2D eigenvalue weighted by atomic mass is 10.1. The van der Waals surface area contributed by atoms with Crippen molar-refractivity contribution in [1.29, 1.82) is 0 Å². The molecule has 1 fully saturated rings. The van der Waals surface area contributed by atoms with Gasteiger partial charge in [-0.1, -0.05) is 12.1 Å². The summed E-state index contributed by atoms with van der Waals surface area (Å²) in [5, 5.41) is 0. The molecule has 1 amide bonds. The van der Waals surface area contributed by atoms with Crippen LogP contribution >= 0.6 is 0 Å². The van der Waals surface area contributed by atoms with Crippen LogP contribution in [-0.2, 0) is 15.0 Å². The summed E-state index contributed by atoms with van der Waals surface area (Å²) < 4.78 is 46.8. The topological polar surface area (TPSA) is 54.5 Å². The number of hydrogen-bond acceptors (Lipinski definition) is 3. The fourth-order valence-corrected chi connectivity index (χ4v) is 3.28. The van der Waals surface area contributed by atoms with E-state index in [1.54, 1.807) is 19.1 Å². The van der Waals surface area contributed by atoms with Gasteiger partial charge in [-0.3, -0.25) is 4.79 Å². The van der Waals surface area contributed by atoms with E-state index in [2.05, 4.69) is 0 Å².